The van der Waals surface area contributed by atoms with Crippen LogP contribution in [0.4, 0.5) is 19.0 Å². The first-order valence-corrected chi connectivity index (χ1v) is 9.55. The van der Waals surface area contributed by atoms with Crippen LogP contribution in [-0.2, 0) is 6.18 Å². The first kappa shape index (κ1) is 21.8. The van der Waals surface area contributed by atoms with E-state index in [0.29, 0.717) is 31.7 Å². The Hall–Kier alpha value is -1.90. The molecule has 29 heavy (non-hydrogen) atoms. The highest BCUT2D eigenvalue weighted by Crippen LogP contribution is 2.35. The Labute approximate surface area is 179 Å². The minimum Gasteiger partial charge on any atom is -0.494 e. The second-order valence-corrected chi connectivity index (χ2v) is 7.50. The summed E-state index contributed by atoms with van der Waals surface area (Å²) in [5, 5.41) is 0.360. The summed E-state index contributed by atoms with van der Waals surface area (Å²) in [5.41, 5.74) is -0.590. The van der Waals surface area contributed by atoms with Gasteiger partial charge >= 0.3 is 6.18 Å². The number of methoxy groups -OCH3 is 1. The van der Waals surface area contributed by atoms with Gasteiger partial charge in [0, 0.05) is 37.9 Å². The van der Waals surface area contributed by atoms with Crippen molar-refractivity contribution in [2.75, 3.05) is 38.2 Å². The maximum Gasteiger partial charge on any atom is 0.417 e. The fourth-order valence-electron chi connectivity index (χ4n) is 3.00. The lowest BCUT2D eigenvalue weighted by molar-refractivity contribution is -0.137. The highest BCUT2D eigenvalue weighted by Gasteiger charge is 2.32. The van der Waals surface area contributed by atoms with Gasteiger partial charge in [-0.1, -0.05) is 34.8 Å². The number of nitrogens with zero attached hydrogens (tertiary/aromatic N) is 3. The van der Waals surface area contributed by atoms with E-state index < -0.39 is 11.7 Å². The highest BCUT2D eigenvalue weighted by atomic mass is 35.5. The molecule has 1 aliphatic heterocycles. The van der Waals surface area contributed by atoms with Gasteiger partial charge in [-0.2, -0.15) is 13.2 Å². The van der Waals surface area contributed by atoms with E-state index in [1.807, 2.05) is 0 Å². The number of aromatic nitrogens is 1. The van der Waals surface area contributed by atoms with Gasteiger partial charge in [-0.05, 0) is 18.2 Å². The number of halogens is 6. The zero-order valence-electron chi connectivity index (χ0n) is 15.1. The molecule has 2 heterocycles. The van der Waals surface area contributed by atoms with Crippen molar-refractivity contribution in [3.05, 3.63) is 50.6 Å². The summed E-state index contributed by atoms with van der Waals surface area (Å²) < 4.78 is 43.4. The maximum absolute atomic E-state index is 12.8. The molecule has 0 aliphatic carbocycles. The van der Waals surface area contributed by atoms with E-state index >= 15 is 0 Å². The molecule has 156 valence electrons. The minimum atomic E-state index is -4.51. The lowest BCUT2D eigenvalue weighted by atomic mass is 10.1. The van der Waals surface area contributed by atoms with Crippen LogP contribution in [0.25, 0.3) is 0 Å². The van der Waals surface area contributed by atoms with Crippen LogP contribution in [0.15, 0.2) is 24.4 Å². The lowest BCUT2D eigenvalue weighted by Gasteiger charge is -2.36. The van der Waals surface area contributed by atoms with Crippen LogP contribution < -0.4 is 9.64 Å². The number of ether oxygens (including phenoxy) is 1. The zero-order valence-corrected chi connectivity index (χ0v) is 17.3. The highest BCUT2D eigenvalue weighted by molar-refractivity contribution is 6.37. The number of hydrogen-bond donors (Lipinski definition) is 0. The van der Waals surface area contributed by atoms with Crippen LogP contribution >= 0.6 is 34.8 Å². The molecule has 1 fully saturated rings. The Balaban J connectivity index is 1.70. The average Bonchev–Trinajstić information content (AvgIpc) is 2.66. The topological polar surface area (TPSA) is 45.7 Å². The molecule has 1 aromatic heterocycles. The number of carbonyl (C=O) groups is 1. The van der Waals surface area contributed by atoms with Crippen molar-refractivity contribution in [1.82, 2.24) is 9.88 Å². The zero-order chi connectivity index (χ0) is 21.3. The van der Waals surface area contributed by atoms with Crippen LogP contribution in [0.1, 0.15) is 15.9 Å². The largest absolute Gasteiger partial charge is 0.494 e. The smallest absolute Gasteiger partial charge is 0.417 e. The Morgan fingerprint density at radius 1 is 1.03 bits per heavy atom. The molecule has 0 radical (unpaired) electrons. The van der Waals surface area contributed by atoms with Crippen molar-refractivity contribution in [1.29, 1.82) is 0 Å². The number of alkyl halides is 3. The van der Waals surface area contributed by atoms with Gasteiger partial charge in [0.25, 0.3) is 5.91 Å². The number of piperazine rings is 1. The van der Waals surface area contributed by atoms with Gasteiger partial charge in [0.15, 0.2) is 5.75 Å². The molecule has 0 N–H and O–H groups in total. The predicted molar refractivity (Wildman–Crippen MR) is 105 cm³/mol. The van der Waals surface area contributed by atoms with Crippen molar-refractivity contribution >= 4 is 46.5 Å². The molecule has 1 saturated heterocycles. The van der Waals surface area contributed by atoms with E-state index in [1.54, 1.807) is 9.80 Å². The molecule has 5 nitrogen and oxygen atoms in total. The van der Waals surface area contributed by atoms with E-state index in [1.165, 1.54) is 19.2 Å². The maximum atomic E-state index is 12.8. The van der Waals surface area contributed by atoms with Crippen molar-refractivity contribution in [3.8, 4) is 5.75 Å². The van der Waals surface area contributed by atoms with Crippen LogP contribution in [0.3, 0.4) is 0 Å². The van der Waals surface area contributed by atoms with Gasteiger partial charge in [-0.3, -0.25) is 4.79 Å². The fraction of sp³-hybridized carbons (Fsp3) is 0.333. The first-order chi connectivity index (χ1) is 13.6. The third kappa shape index (κ3) is 4.65. The SMILES string of the molecule is COc1c(Cl)cc(C(=O)N2CCN(c3ncc(C(F)(F)F)cc3Cl)CC2)cc1Cl. The summed E-state index contributed by atoms with van der Waals surface area (Å²) in [6.07, 6.45) is -3.76. The van der Waals surface area contributed by atoms with E-state index in [0.717, 1.165) is 12.3 Å². The molecule has 1 amide bonds. The van der Waals surface area contributed by atoms with Crippen molar-refractivity contribution in [3.63, 3.8) is 0 Å². The van der Waals surface area contributed by atoms with Crippen molar-refractivity contribution in [2.24, 2.45) is 0 Å². The Morgan fingerprint density at radius 3 is 2.10 bits per heavy atom. The molecule has 11 heteroatoms. The number of benzene rings is 1. The van der Waals surface area contributed by atoms with Gasteiger partial charge in [-0.25, -0.2) is 4.98 Å². The van der Waals surface area contributed by atoms with Gasteiger partial charge in [-0.15, -0.1) is 0 Å². The second-order valence-electron chi connectivity index (χ2n) is 6.28. The minimum absolute atomic E-state index is 0.0895. The summed E-state index contributed by atoms with van der Waals surface area (Å²) in [6.45, 7) is 1.39. The first-order valence-electron chi connectivity index (χ1n) is 8.42. The molecule has 3 rings (SSSR count). The van der Waals surface area contributed by atoms with Crippen LogP contribution in [-0.4, -0.2) is 49.1 Å². The fourth-order valence-corrected chi connectivity index (χ4v) is 3.93. The Bertz CT molecular complexity index is 909. The van der Waals surface area contributed by atoms with E-state index in [9.17, 15) is 18.0 Å². The van der Waals surface area contributed by atoms with Crippen LogP contribution in [0, 0.1) is 0 Å². The second kappa shape index (κ2) is 8.45. The molecule has 0 unspecified atom stereocenters. The van der Waals surface area contributed by atoms with Gasteiger partial charge in [0.05, 0.1) is 27.7 Å². The summed E-state index contributed by atoms with van der Waals surface area (Å²) in [5.74, 6) is 0.280. The molecular formula is C18H15Cl3F3N3O2. The van der Waals surface area contributed by atoms with Crippen molar-refractivity contribution < 1.29 is 22.7 Å². The molecule has 0 atom stereocenters. The summed E-state index contributed by atoms with van der Waals surface area (Å²) >= 11 is 18.2. The molecule has 1 aliphatic rings. The quantitative estimate of drug-likeness (QED) is 0.634. The molecular weight excluding hydrogens is 454 g/mol. The van der Waals surface area contributed by atoms with Crippen LogP contribution in [0.5, 0.6) is 5.75 Å². The molecule has 1 aromatic carbocycles. The number of pyridine rings is 1. The third-order valence-corrected chi connectivity index (χ3v) is 5.30. The number of hydrogen-bond acceptors (Lipinski definition) is 4. The average molecular weight is 469 g/mol. The lowest BCUT2D eigenvalue weighted by Crippen LogP contribution is -2.49. The summed E-state index contributed by atoms with van der Waals surface area (Å²) in [7, 11) is 1.42. The van der Waals surface area contributed by atoms with Crippen molar-refractivity contribution in [2.45, 2.75) is 6.18 Å². The summed E-state index contributed by atoms with van der Waals surface area (Å²) in [6, 6.07) is 3.81. The molecule has 0 spiro atoms. The van der Waals surface area contributed by atoms with Gasteiger partial charge < -0.3 is 14.5 Å². The van der Waals surface area contributed by atoms with Crippen LogP contribution in [0.2, 0.25) is 15.1 Å². The number of carbonyl (C=O) groups excluding carboxylic acids is 1. The summed E-state index contributed by atoms with van der Waals surface area (Å²) in [4.78, 5) is 19.9. The monoisotopic (exact) mass is 467 g/mol. The van der Waals surface area contributed by atoms with Gasteiger partial charge in [0.2, 0.25) is 0 Å². The number of rotatable bonds is 3. The molecule has 0 bridgehead atoms. The Kier molecular flexibility index (Phi) is 6.36. The Morgan fingerprint density at radius 2 is 1.62 bits per heavy atom. The van der Waals surface area contributed by atoms with Gasteiger partial charge in [0.1, 0.15) is 5.82 Å². The van der Waals surface area contributed by atoms with E-state index in [-0.39, 0.29) is 32.5 Å². The van der Waals surface area contributed by atoms with E-state index in [2.05, 4.69) is 4.98 Å². The standard InChI is InChI=1S/C18H15Cl3F3N3O2/c1-29-15-12(19)6-10(7-13(15)20)17(28)27-4-2-26(3-5-27)16-14(21)8-11(9-25-16)18(22,23)24/h6-9H,2-5H2,1H3. The third-order valence-electron chi connectivity index (χ3n) is 4.46. The number of anilines is 1. The van der Waals surface area contributed by atoms with E-state index in [4.69, 9.17) is 39.5 Å². The molecule has 0 saturated carbocycles. The molecule has 2 aromatic rings. The predicted octanol–water partition coefficient (Wildman–Crippen LogP) is 5.03. The number of amides is 1. The normalized spacial score (nSPS) is 14.9.